The lowest BCUT2D eigenvalue weighted by atomic mass is 9.73. The van der Waals surface area contributed by atoms with E-state index in [2.05, 4.69) is 46.8 Å². The highest BCUT2D eigenvalue weighted by Gasteiger charge is 2.51. The zero-order chi connectivity index (χ0) is 16.7. The second-order valence-corrected chi connectivity index (χ2v) is 7.52. The lowest BCUT2D eigenvalue weighted by molar-refractivity contribution is 0.00578. The van der Waals surface area contributed by atoms with Crippen molar-refractivity contribution in [3.63, 3.8) is 0 Å². The molecule has 0 amide bonds. The van der Waals surface area contributed by atoms with Crippen molar-refractivity contribution in [3.05, 3.63) is 23.8 Å². The second-order valence-electron chi connectivity index (χ2n) is 7.52. The minimum atomic E-state index is -0.274. The molecular formula is C18H27BO4. The zero-order valence-corrected chi connectivity index (χ0v) is 14.8. The highest BCUT2D eigenvalue weighted by atomic mass is 16.7. The number of fused-ring (bicyclic) bond motifs is 1. The molecule has 1 aromatic rings. The second kappa shape index (κ2) is 6.02. The van der Waals surface area contributed by atoms with Crippen LogP contribution < -0.4 is 9.47 Å². The first kappa shape index (κ1) is 16.7. The van der Waals surface area contributed by atoms with E-state index in [9.17, 15) is 0 Å². The summed E-state index contributed by atoms with van der Waals surface area (Å²) in [6.07, 6.45) is 3.09. The summed E-state index contributed by atoms with van der Waals surface area (Å²) < 4.78 is 23.3. The van der Waals surface area contributed by atoms with Crippen molar-refractivity contribution in [2.24, 2.45) is 0 Å². The Balaban J connectivity index is 1.75. The maximum Gasteiger partial charge on any atom is 0.458 e. The molecule has 4 nitrogen and oxygen atoms in total. The fourth-order valence-corrected chi connectivity index (χ4v) is 3.23. The lowest BCUT2D eigenvalue weighted by Crippen LogP contribution is -2.41. The third-order valence-electron chi connectivity index (χ3n) is 5.28. The SMILES string of the molecule is CCCC(CB1OC(C)(C)C(C)(C)O1)c1ccc2c(c1)OCO2. The Morgan fingerprint density at radius 2 is 1.70 bits per heavy atom. The van der Waals surface area contributed by atoms with Crippen LogP contribution in [0.2, 0.25) is 6.32 Å². The van der Waals surface area contributed by atoms with E-state index in [1.807, 2.05) is 6.07 Å². The molecule has 1 fully saturated rings. The average molecular weight is 318 g/mol. The first-order valence-electron chi connectivity index (χ1n) is 8.57. The molecule has 0 aliphatic carbocycles. The van der Waals surface area contributed by atoms with Crippen molar-refractivity contribution in [1.29, 1.82) is 0 Å². The Labute approximate surface area is 139 Å². The standard InChI is InChI=1S/C18H27BO4/c1-6-7-14(11-19-22-17(2,3)18(4,5)23-19)13-8-9-15-16(10-13)21-12-20-15/h8-10,14H,6-7,11-12H2,1-5H3. The van der Waals surface area contributed by atoms with Crippen LogP contribution in [-0.4, -0.2) is 25.1 Å². The predicted molar refractivity (Wildman–Crippen MR) is 91.1 cm³/mol. The molecule has 0 N–H and O–H groups in total. The Bertz CT molecular complexity index is 554. The summed E-state index contributed by atoms with van der Waals surface area (Å²) in [6.45, 7) is 10.9. The number of rotatable bonds is 5. The molecule has 5 heteroatoms. The van der Waals surface area contributed by atoms with Crippen LogP contribution in [0.25, 0.3) is 0 Å². The molecule has 1 saturated heterocycles. The minimum absolute atomic E-state index is 0.165. The third kappa shape index (κ3) is 3.22. The summed E-state index contributed by atoms with van der Waals surface area (Å²) in [4.78, 5) is 0. The molecule has 0 spiro atoms. The fraction of sp³-hybridized carbons (Fsp3) is 0.667. The Morgan fingerprint density at radius 1 is 1.04 bits per heavy atom. The van der Waals surface area contributed by atoms with Gasteiger partial charge in [0.15, 0.2) is 11.5 Å². The van der Waals surface area contributed by atoms with Gasteiger partial charge in [-0.25, -0.2) is 0 Å². The summed E-state index contributed by atoms with van der Waals surface area (Å²) in [5.74, 6) is 2.07. The smallest absolute Gasteiger partial charge is 0.454 e. The molecule has 2 heterocycles. The van der Waals surface area contributed by atoms with Crippen molar-refractivity contribution in [2.45, 2.75) is 70.9 Å². The molecule has 2 aliphatic rings. The van der Waals surface area contributed by atoms with Crippen LogP contribution in [0.1, 0.15) is 58.9 Å². The molecule has 1 atom stereocenters. The van der Waals surface area contributed by atoms with E-state index < -0.39 is 0 Å². The molecule has 126 valence electrons. The van der Waals surface area contributed by atoms with Gasteiger partial charge in [0.25, 0.3) is 0 Å². The van der Waals surface area contributed by atoms with E-state index in [0.29, 0.717) is 12.7 Å². The Morgan fingerprint density at radius 3 is 2.35 bits per heavy atom. The fourth-order valence-electron chi connectivity index (χ4n) is 3.23. The maximum atomic E-state index is 6.18. The van der Waals surface area contributed by atoms with Crippen molar-refractivity contribution in [3.8, 4) is 11.5 Å². The van der Waals surface area contributed by atoms with Gasteiger partial charge < -0.3 is 18.8 Å². The van der Waals surface area contributed by atoms with Gasteiger partial charge in [-0.05, 0) is 64.1 Å². The topological polar surface area (TPSA) is 36.9 Å². The molecule has 1 unspecified atom stereocenters. The summed E-state index contributed by atoms with van der Waals surface area (Å²) in [5, 5.41) is 0. The van der Waals surface area contributed by atoms with Crippen LogP contribution in [0.5, 0.6) is 11.5 Å². The van der Waals surface area contributed by atoms with Crippen LogP contribution in [0.15, 0.2) is 18.2 Å². The number of hydrogen-bond donors (Lipinski definition) is 0. The van der Waals surface area contributed by atoms with Gasteiger partial charge in [-0.15, -0.1) is 0 Å². The van der Waals surface area contributed by atoms with Crippen molar-refractivity contribution in [2.75, 3.05) is 6.79 Å². The highest BCUT2D eigenvalue weighted by Crippen LogP contribution is 2.42. The normalized spacial score (nSPS) is 22.4. The van der Waals surface area contributed by atoms with E-state index in [-0.39, 0.29) is 18.3 Å². The van der Waals surface area contributed by atoms with Crippen LogP contribution >= 0.6 is 0 Å². The third-order valence-corrected chi connectivity index (χ3v) is 5.28. The van der Waals surface area contributed by atoms with Crippen LogP contribution in [0.4, 0.5) is 0 Å². The van der Waals surface area contributed by atoms with Crippen LogP contribution in [0, 0.1) is 0 Å². The molecule has 2 aliphatic heterocycles. The zero-order valence-electron chi connectivity index (χ0n) is 14.8. The summed E-state index contributed by atoms with van der Waals surface area (Å²) in [7, 11) is -0.165. The molecule has 3 rings (SSSR count). The van der Waals surface area contributed by atoms with Gasteiger partial charge in [0.05, 0.1) is 11.2 Å². The number of benzene rings is 1. The first-order valence-corrected chi connectivity index (χ1v) is 8.57. The van der Waals surface area contributed by atoms with Gasteiger partial charge in [-0.2, -0.15) is 0 Å². The number of hydrogen-bond acceptors (Lipinski definition) is 4. The van der Waals surface area contributed by atoms with Gasteiger partial charge in [0, 0.05) is 0 Å². The predicted octanol–water partition coefficient (Wildman–Crippen LogP) is 4.39. The number of ether oxygens (including phenoxy) is 2. The highest BCUT2D eigenvalue weighted by molar-refractivity contribution is 6.45. The maximum absolute atomic E-state index is 6.18. The Kier molecular flexibility index (Phi) is 4.36. The molecule has 0 saturated carbocycles. The van der Waals surface area contributed by atoms with E-state index in [4.69, 9.17) is 18.8 Å². The van der Waals surface area contributed by atoms with Crippen molar-refractivity contribution >= 4 is 7.12 Å². The molecule has 23 heavy (non-hydrogen) atoms. The van der Waals surface area contributed by atoms with E-state index in [0.717, 1.165) is 30.7 Å². The van der Waals surface area contributed by atoms with Crippen LogP contribution in [-0.2, 0) is 9.31 Å². The van der Waals surface area contributed by atoms with E-state index in [1.165, 1.54) is 5.56 Å². The molecular weight excluding hydrogens is 291 g/mol. The van der Waals surface area contributed by atoms with E-state index in [1.54, 1.807) is 0 Å². The van der Waals surface area contributed by atoms with Crippen molar-refractivity contribution < 1.29 is 18.8 Å². The summed E-state index contributed by atoms with van der Waals surface area (Å²) in [6, 6.07) is 6.25. The minimum Gasteiger partial charge on any atom is -0.454 e. The summed E-state index contributed by atoms with van der Waals surface area (Å²) >= 11 is 0. The van der Waals surface area contributed by atoms with Gasteiger partial charge in [-0.3, -0.25) is 0 Å². The van der Waals surface area contributed by atoms with Crippen molar-refractivity contribution in [1.82, 2.24) is 0 Å². The molecule has 0 bridgehead atoms. The first-order chi connectivity index (χ1) is 10.8. The largest absolute Gasteiger partial charge is 0.458 e. The monoisotopic (exact) mass is 318 g/mol. The van der Waals surface area contributed by atoms with Crippen LogP contribution in [0.3, 0.4) is 0 Å². The van der Waals surface area contributed by atoms with Gasteiger partial charge in [-0.1, -0.05) is 19.4 Å². The average Bonchev–Trinajstić information content (AvgIpc) is 2.99. The molecule has 0 radical (unpaired) electrons. The van der Waals surface area contributed by atoms with Gasteiger partial charge in [0.1, 0.15) is 0 Å². The van der Waals surface area contributed by atoms with Gasteiger partial charge >= 0.3 is 7.12 Å². The summed E-state index contributed by atoms with van der Waals surface area (Å²) in [5.41, 5.74) is 0.720. The Hall–Kier alpha value is -1.20. The lowest BCUT2D eigenvalue weighted by Gasteiger charge is -2.32. The van der Waals surface area contributed by atoms with Gasteiger partial charge in [0.2, 0.25) is 6.79 Å². The molecule has 0 aromatic heterocycles. The quantitative estimate of drug-likeness (QED) is 0.755. The van der Waals surface area contributed by atoms with E-state index >= 15 is 0 Å². The molecule has 1 aromatic carbocycles.